The van der Waals surface area contributed by atoms with Crippen LogP contribution in [0.5, 0.6) is 5.75 Å². The quantitative estimate of drug-likeness (QED) is 0.823. The Kier molecular flexibility index (Phi) is 4.33. The molecule has 0 radical (unpaired) electrons. The van der Waals surface area contributed by atoms with E-state index in [1.54, 1.807) is 7.05 Å². The highest BCUT2D eigenvalue weighted by atomic mass is 35.5. The van der Waals surface area contributed by atoms with Gasteiger partial charge in [-0.15, -0.1) is 0 Å². The van der Waals surface area contributed by atoms with Gasteiger partial charge in [0.25, 0.3) is 0 Å². The molecule has 0 atom stereocenters. The Balaban J connectivity index is 3.36. The van der Waals surface area contributed by atoms with Crippen LogP contribution in [0.2, 0.25) is 5.02 Å². The summed E-state index contributed by atoms with van der Waals surface area (Å²) in [6.07, 6.45) is 0. The summed E-state index contributed by atoms with van der Waals surface area (Å²) < 4.78 is 5.22. The van der Waals surface area contributed by atoms with Crippen molar-refractivity contribution in [3.05, 3.63) is 27.8 Å². The fourth-order valence-electron chi connectivity index (χ4n) is 1.72. The number of rotatable bonds is 4. The summed E-state index contributed by atoms with van der Waals surface area (Å²) >= 11 is 6.12. The van der Waals surface area contributed by atoms with Crippen LogP contribution >= 0.6 is 11.6 Å². The molecule has 88 valence electrons. The molecule has 3 nitrogen and oxygen atoms in total. The van der Waals surface area contributed by atoms with Crippen molar-refractivity contribution in [1.29, 1.82) is 0 Å². The lowest BCUT2D eigenvalue weighted by atomic mass is 10.0. The number of aryl methyl sites for hydroxylation is 2. The first-order valence-corrected chi connectivity index (χ1v) is 5.42. The Morgan fingerprint density at radius 2 is 2.06 bits per heavy atom. The predicted octanol–water partition coefficient (Wildman–Crippen LogP) is 2.37. The Bertz CT molecular complexity index is 416. The number of hydrogen-bond donors (Lipinski definition) is 1. The number of nitrogens with one attached hydrogen (secondary N) is 1. The topological polar surface area (TPSA) is 38.3 Å². The molecular weight excluding hydrogens is 226 g/mol. The molecule has 0 spiro atoms. The minimum Gasteiger partial charge on any atom is -0.494 e. The molecule has 0 heterocycles. The van der Waals surface area contributed by atoms with E-state index in [1.165, 1.54) is 7.11 Å². The van der Waals surface area contributed by atoms with E-state index in [2.05, 4.69) is 5.32 Å². The summed E-state index contributed by atoms with van der Waals surface area (Å²) in [5.74, 6) is 0.457. The molecule has 1 aromatic rings. The number of methoxy groups -OCH3 is 1. The van der Waals surface area contributed by atoms with Gasteiger partial charge < -0.3 is 10.1 Å². The lowest BCUT2D eigenvalue weighted by Crippen LogP contribution is -2.20. The molecule has 1 aromatic carbocycles. The summed E-state index contributed by atoms with van der Waals surface area (Å²) in [5.41, 5.74) is 2.36. The molecule has 0 aliphatic heterocycles. The molecule has 4 heteroatoms. The van der Waals surface area contributed by atoms with Crippen molar-refractivity contribution in [2.24, 2.45) is 0 Å². The van der Waals surface area contributed by atoms with Crippen molar-refractivity contribution < 1.29 is 9.53 Å². The van der Waals surface area contributed by atoms with Gasteiger partial charge in [-0.25, -0.2) is 0 Å². The van der Waals surface area contributed by atoms with E-state index in [4.69, 9.17) is 16.3 Å². The maximum Gasteiger partial charge on any atom is 0.180 e. The maximum atomic E-state index is 11.9. The van der Waals surface area contributed by atoms with Crippen molar-refractivity contribution in [1.82, 2.24) is 5.32 Å². The van der Waals surface area contributed by atoms with Crippen molar-refractivity contribution in [2.75, 3.05) is 20.7 Å². The van der Waals surface area contributed by atoms with E-state index in [1.807, 2.05) is 19.9 Å². The number of benzene rings is 1. The molecule has 0 aromatic heterocycles. The number of halogens is 1. The van der Waals surface area contributed by atoms with Crippen molar-refractivity contribution in [2.45, 2.75) is 13.8 Å². The average molecular weight is 242 g/mol. The third-order valence-electron chi connectivity index (χ3n) is 2.42. The smallest absolute Gasteiger partial charge is 0.180 e. The number of carbonyl (C=O) groups is 1. The third-order valence-corrected chi connectivity index (χ3v) is 2.89. The van der Waals surface area contributed by atoms with E-state index in [-0.39, 0.29) is 12.3 Å². The van der Waals surface area contributed by atoms with E-state index < -0.39 is 0 Å². The first kappa shape index (κ1) is 13.0. The standard InChI is InChI=1S/C12H16ClNO2/c1-7-5-8(2)11(13)12(16-4)10(7)9(15)6-14-3/h5,14H,6H2,1-4H3. The number of ketones is 1. The van der Waals surface area contributed by atoms with Crippen molar-refractivity contribution in [3.8, 4) is 5.75 Å². The third kappa shape index (κ3) is 2.36. The number of carbonyl (C=O) groups excluding carboxylic acids is 1. The molecule has 1 N–H and O–H groups in total. The van der Waals surface area contributed by atoms with Gasteiger partial charge in [0.1, 0.15) is 5.75 Å². The molecular formula is C12H16ClNO2. The molecule has 0 saturated heterocycles. The predicted molar refractivity (Wildman–Crippen MR) is 65.7 cm³/mol. The number of ether oxygens (including phenoxy) is 1. The fourth-order valence-corrected chi connectivity index (χ4v) is 1.94. The van der Waals surface area contributed by atoms with E-state index in [9.17, 15) is 4.79 Å². The van der Waals surface area contributed by atoms with Gasteiger partial charge >= 0.3 is 0 Å². The molecule has 0 aliphatic rings. The first-order chi connectivity index (χ1) is 7.52. The normalized spacial score (nSPS) is 10.3. The Labute approximate surface area is 101 Å². The van der Waals surface area contributed by atoms with Gasteiger partial charge in [-0.1, -0.05) is 17.7 Å². The van der Waals surface area contributed by atoms with Crippen LogP contribution in [0.1, 0.15) is 21.5 Å². The largest absolute Gasteiger partial charge is 0.494 e. The highest BCUT2D eigenvalue weighted by Crippen LogP contribution is 2.34. The molecule has 0 unspecified atom stereocenters. The summed E-state index contributed by atoms with van der Waals surface area (Å²) in [7, 11) is 3.26. The lowest BCUT2D eigenvalue weighted by Gasteiger charge is -2.14. The van der Waals surface area contributed by atoms with E-state index >= 15 is 0 Å². The van der Waals surface area contributed by atoms with Crippen LogP contribution in [0.4, 0.5) is 0 Å². The first-order valence-electron chi connectivity index (χ1n) is 5.04. The van der Waals surface area contributed by atoms with Gasteiger partial charge in [-0.05, 0) is 32.0 Å². The van der Waals surface area contributed by atoms with Gasteiger partial charge in [0, 0.05) is 0 Å². The number of likely N-dealkylation sites (N-methyl/N-ethyl adjacent to an activating group) is 1. The van der Waals surface area contributed by atoms with Crippen molar-refractivity contribution >= 4 is 17.4 Å². The van der Waals surface area contributed by atoms with Gasteiger partial charge in [0.2, 0.25) is 0 Å². The zero-order chi connectivity index (χ0) is 12.3. The van der Waals surface area contributed by atoms with Gasteiger partial charge in [-0.3, -0.25) is 4.79 Å². The monoisotopic (exact) mass is 241 g/mol. The van der Waals surface area contributed by atoms with Gasteiger partial charge in [0.05, 0.1) is 24.2 Å². The van der Waals surface area contributed by atoms with Crippen LogP contribution < -0.4 is 10.1 Å². The second-order valence-electron chi connectivity index (χ2n) is 3.69. The van der Waals surface area contributed by atoms with Crippen LogP contribution in [0.15, 0.2) is 6.07 Å². The molecule has 0 bridgehead atoms. The molecule has 16 heavy (non-hydrogen) atoms. The second-order valence-corrected chi connectivity index (χ2v) is 4.06. The lowest BCUT2D eigenvalue weighted by molar-refractivity contribution is 0.0990. The van der Waals surface area contributed by atoms with Crippen LogP contribution in [0, 0.1) is 13.8 Å². The van der Waals surface area contributed by atoms with Crippen LogP contribution in [0.3, 0.4) is 0 Å². The highest BCUT2D eigenvalue weighted by Gasteiger charge is 2.19. The highest BCUT2D eigenvalue weighted by molar-refractivity contribution is 6.33. The van der Waals surface area contributed by atoms with Crippen LogP contribution in [-0.2, 0) is 0 Å². The number of Topliss-reactive ketones (excluding diaryl/α,β-unsaturated/α-hetero) is 1. The van der Waals surface area contributed by atoms with Crippen LogP contribution in [-0.4, -0.2) is 26.5 Å². The summed E-state index contributed by atoms with van der Waals surface area (Å²) in [4.78, 5) is 11.9. The number of hydrogen-bond acceptors (Lipinski definition) is 3. The summed E-state index contributed by atoms with van der Waals surface area (Å²) in [6, 6.07) is 1.90. The fraction of sp³-hybridized carbons (Fsp3) is 0.417. The summed E-state index contributed by atoms with van der Waals surface area (Å²) in [6.45, 7) is 4.05. The van der Waals surface area contributed by atoms with E-state index in [0.717, 1.165) is 11.1 Å². The molecule has 0 amide bonds. The average Bonchev–Trinajstić information content (AvgIpc) is 2.23. The maximum absolute atomic E-state index is 11.9. The molecule has 0 saturated carbocycles. The van der Waals surface area contributed by atoms with Gasteiger partial charge in [0.15, 0.2) is 5.78 Å². The summed E-state index contributed by atoms with van der Waals surface area (Å²) in [5, 5.41) is 3.34. The minimum absolute atomic E-state index is 0.0150. The van der Waals surface area contributed by atoms with Gasteiger partial charge in [-0.2, -0.15) is 0 Å². The minimum atomic E-state index is -0.0150. The zero-order valence-electron chi connectivity index (χ0n) is 9.98. The second kappa shape index (κ2) is 5.32. The molecule has 1 rings (SSSR count). The molecule has 0 fully saturated rings. The SMILES string of the molecule is CNCC(=O)c1c(C)cc(C)c(Cl)c1OC. The van der Waals surface area contributed by atoms with E-state index in [0.29, 0.717) is 16.3 Å². The van der Waals surface area contributed by atoms with Crippen molar-refractivity contribution in [3.63, 3.8) is 0 Å². The Morgan fingerprint density at radius 1 is 1.44 bits per heavy atom. The molecule has 0 aliphatic carbocycles. The van der Waals surface area contributed by atoms with Crippen LogP contribution in [0.25, 0.3) is 0 Å². The zero-order valence-corrected chi connectivity index (χ0v) is 10.7. The Morgan fingerprint density at radius 3 is 2.56 bits per heavy atom. The Hall–Kier alpha value is -1.06.